The van der Waals surface area contributed by atoms with Gasteiger partial charge in [-0.25, -0.2) is 0 Å². The first-order valence-corrected chi connectivity index (χ1v) is 6.65. The Labute approximate surface area is 113 Å². The Morgan fingerprint density at radius 1 is 1.16 bits per heavy atom. The van der Waals surface area contributed by atoms with E-state index >= 15 is 0 Å². The second kappa shape index (κ2) is 4.88. The van der Waals surface area contributed by atoms with Crippen molar-refractivity contribution in [3.63, 3.8) is 0 Å². The summed E-state index contributed by atoms with van der Waals surface area (Å²) in [6, 6.07) is 16.3. The second-order valence-electron chi connectivity index (χ2n) is 5.19. The molecule has 1 heterocycles. The average Bonchev–Trinajstić information content (AvgIpc) is 2.40. The van der Waals surface area contributed by atoms with Crippen LogP contribution in [0, 0.1) is 6.92 Å². The molecular weight excluding hydrogens is 234 g/mol. The van der Waals surface area contributed by atoms with Crippen molar-refractivity contribution in [2.24, 2.45) is 0 Å². The number of fused-ring (bicyclic) bond motifs is 1. The summed E-state index contributed by atoms with van der Waals surface area (Å²) < 4.78 is 0. The Morgan fingerprint density at radius 2 is 2.00 bits per heavy atom. The maximum Gasteiger partial charge on any atom is 0.159 e. The van der Waals surface area contributed by atoms with Crippen LogP contribution in [0.4, 0.5) is 5.69 Å². The summed E-state index contributed by atoms with van der Waals surface area (Å²) in [5, 5.41) is 3.37. The van der Waals surface area contributed by atoms with Crippen molar-refractivity contribution in [2.75, 3.05) is 5.32 Å². The van der Waals surface area contributed by atoms with E-state index in [0.29, 0.717) is 6.42 Å². The lowest BCUT2D eigenvalue weighted by molar-refractivity contribution is -0.119. The predicted molar refractivity (Wildman–Crippen MR) is 77.4 cm³/mol. The molecule has 0 amide bonds. The van der Waals surface area contributed by atoms with Gasteiger partial charge < -0.3 is 5.32 Å². The highest BCUT2D eigenvalue weighted by Gasteiger charge is 2.25. The third-order valence-corrected chi connectivity index (χ3v) is 3.62. The molecule has 2 nitrogen and oxygen atoms in total. The molecule has 1 atom stereocenters. The van der Waals surface area contributed by atoms with Crippen molar-refractivity contribution in [3.8, 4) is 0 Å². The molecule has 0 unspecified atom stereocenters. The van der Waals surface area contributed by atoms with E-state index in [9.17, 15) is 4.79 Å². The lowest BCUT2D eigenvalue weighted by Gasteiger charge is -2.26. The minimum Gasteiger partial charge on any atom is -0.375 e. The van der Waals surface area contributed by atoms with Gasteiger partial charge in [0.05, 0.1) is 6.04 Å². The summed E-state index contributed by atoms with van der Waals surface area (Å²) in [7, 11) is 0. The molecule has 0 bridgehead atoms. The summed E-state index contributed by atoms with van der Waals surface area (Å²) in [4.78, 5) is 12.2. The van der Waals surface area contributed by atoms with Gasteiger partial charge in [-0.2, -0.15) is 0 Å². The van der Waals surface area contributed by atoms with Crippen molar-refractivity contribution in [1.82, 2.24) is 0 Å². The Bertz CT molecular complexity index is 618. The number of carbonyl (C=O) groups excluding carboxylic acids is 1. The van der Waals surface area contributed by atoms with E-state index in [0.717, 1.165) is 17.7 Å². The van der Waals surface area contributed by atoms with E-state index in [-0.39, 0.29) is 11.8 Å². The average molecular weight is 251 g/mol. The fraction of sp³-hybridized carbons (Fsp3) is 0.235. The lowest BCUT2D eigenvalue weighted by atomic mass is 9.92. The van der Waals surface area contributed by atoms with Crippen LogP contribution in [0.1, 0.15) is 16.7 Å². The molecule has 2 aromatic rings. The highest BCUT2D eigenvalue weighted by atomic mass is 16.1. The van der Waals surface area contributed by atoms with Crippen LogP contribution in [0.2, 0.25) is 0 Å². The highest BCUT2D eigenvalue weighted by Crippen LogP contribution is 2.24. The minimum absolute atomic E-state index is 0.100. The predicted octanol–water partition coefficient (Wildman–Crippen LogP) is 3.14. The molecule has 1 aliphatic rings. The number of Topliss-reactive ketones (excluding diaryl/α,β-unsaturated/α-hetero) is 1. The monoisotopic (exact) mass is 251 g/mol. The second-order valence-corrected chi connectivity index (χ2v) is 5.19. The van der Waals surface area contributed by atoms with E-state index in [2.05, 4.69) is 30.4 Å². The summed E-state index contributed by atoms with van der Waals surface area (Å²) in [5.74, 6) is 0.278. The zero-order valence-corrected chi connectivity index (χ0v) is 11.0. The van der Waals surface area contributed by atoms with E-state index in [4.69, 9.17) is 0 Å². The van der Waals surface area contributed by atoms with Gasteiger partial charge in [-0.15, -0.1) is 0 Å². The molecule has 1 N–H and O–H groups in total. The van der Waals surface area contributed by atoms with Crippen molar-refractivity contribution < 1.29 is 4.79 Å². The molecule has 0 saturated carbocycles. The maximum absolute atomic E-state index is 12.2. The number of para-hydroxylation sites is 1. The van der Waals surface area contributed by atoms with Gasteiger partial charge in [0.1, 0.15) is 0 Å². The van der Waals surface area contributed by atoms with E-state index in [1.54, 1.807) is 0 Å². The van der Waals surface area contributed by atoms with Gasteiger partial charge in [0.2, 0.25) is 0 Å². The van der Waals surface area contributed by atoms with Crippen LogP contribution in [-0.2, 0) is 17.6 Å². The van der Waals surface area contributed by atoms with Gasteiger partial charge in [-0.05, 0) is 30.5 Å². The fourth-order valence-electron chi connectivity index (χ4n) is 2.63. The zero-order valence-electron chi connectivity index (χ0n) is 11.0. The number of ketones is 1. The standard InChI is InChI=1S/C17H17NO/c1-12-5-4-6-13(9-12)10-16-17(19)11-14-7-2-3-8-15(14)18-16/h2-9,16,18H,10-11H2,1H3/t16-/m0/s1. The first-order valence-electron chi connectivity index (χ1n) is 6.65. The summed E-state index contributed by atoms with van der Waals surface area (Å²) >= 11 is 0. The van der Waals surface area contributed by atoms with E-state index < -0.39 is 0 Å². The summed E-state index contributed by atoms with van der Waals surface area (Å²) in [6.07, 6.45) is 1.30. The van der Waals surface area contributed by atoms with Crippen molar-refractivity contribution in [3.05, 3.63) is 65.2 Å². The molecule has 3 rings (SSSR count). The molecule has 1 aliphatic heterocycles. The molecule has 0 aromatic heterocycles. The van der Waals surface area contributed by atoms with Crippen LogP contribution in [0.15, 0.2) is 48.5 Å². The van der Waals surface area contributed by atoms with Crippen LogP contribution < -0.4 is 5.32 Å². The Hall–Kier alpha value is -2.09. The van der Waals surface area contributed by atoms with E-state index in [1.807, 2.05) is 30.3 Å². The van der Waals surface area contributed by atoms with E-state index in [1.165, 1.54) is 11.1 Å². The van der Waals surface area contributed by atoms with Crippen LogP contribution >= 0.6 is 0 Å². The first kappa shape index (κ1) is 12.0. The van der Waals surface area contributed by atoms with Crippen molar-refractivity contribution in [2.45, 2.75) is 25.8 Å². The Kier molecular flexibility index (Phi) is 3.08. The number of aryl methyl sites for hydroxylation is 1. The fourth-order valence-corrected chi connectivity index (χ4v) is 2.63. The van der Waals surface area contributed by atoms with Gasteiger partial charge in [-0.1, -0.05) is 48.0 Å². The molecule has 0 spiro atoms. The van der Waals surface area contributed by atoms with Gasteiger partial charge in [0.25, 0.3) is 0 Å². The molecule has 0 saturated heterocycles. The minimum atomic E-state index is -0.100. The molecule has 2 heteroatoms. The van der Waals surface area contributed by atoms with Crippen LogP contribution in [0.25, 0.3) is 0 Å². The Morgan fingerprint density at radius 3 is 2.84 bits per heavy atom. The Balaban J connectivity index is 1.81. The van der Waals surface area contributed by atoms with Crippen LogP contribution in [0.3, 0.4) is 0 Å². The third kappa shape index (κ3) is 2.53. The summed E-state index contributed by atoms with van der Waals surface area (Å²) in [6.45, 7) is 2.08. The number of carbonyl (C=O) groups is 1. The molecule has 0 aliphatic carbocycles. The van der Waals surface area contributed by atoms with Gasteiger partial charge in [-0.3, -0.25) is 4.79 Å². The number of rotatable bonds is 2. The van der Waals surface area contributed by atoms with Crippen molar-refractivity contribution in [1.29, 1.82) is 0 Å². The first-order chi connectivity index (χ1) is 9.22. The van der Waals surface area contributed by atoms with Gasteiger partial charge in [0.15, 0.2) is 5.78 Å². The molecular formula is C17H17NO. The topological polar surface area (TPSA) is 29.1 Å². The molecule has 2 aromatic carbocycles. The number of anilines is 1. The molecule has 19 heavy (non-hydrogen) atoms. The normalized spacial score (nSPS) is 17.7. The highest BCUT2D eigenvalue weighted by molar-refractivity contribution is 5.93. The largest absolute Gasteiger partial charge is 0.375 e. The number of benzene rings is 2. The molecule has 0 radical (unpaired) electrons. The maximum atomic E-state index is 12.2. The molecule has 96 valence electrons. The number of hydrogen-bond donors (Lipinski definition) is 1. The smallest absolute Gasteiger partial charge is 0.159 e. The number of hydrogen-bond acceptors (Lipinski definition) is 2. The lowest BCUT2D eigenvalue weighted by Crippen LogP contribution is -2.37. The molecule has 0 fully saturated rings. The van der Waals surface area contributed by atoms with Crippen LogP contribution in [-0.4, -0.2) is 11.8 Å². The zero-order chi connectivity index (χ0) is 13.2. The van der Waals surface area contributed by atoms with Gasteiger partial charge in [0, 0.05) is 12.1 Å². The quantitative estimate of drug-likeness (QED) is 0.888. The van der Waals surface area contributed by atoms with Crippen LogP contribution in [0.5, 0.6) is 0 Å². The number of nitrogens with one attached hydrogen (secondary N) is 1. The van der Waals surface area contributed by atoms with Crippen molar-refractivity contribution >= 4 is 11.5 Å². The van der Waals surface area contributed by atoms with Gasteiger partial charge >= 0.3 is 0 Å². The SMILES string of the molecule is Cc1cccc(C[C@@H]2Nc3ccccc3CC2=O)c1. The summed E-state index contributed by atoms with van der Waals surface area (Å²) in [5.41, 5.74) is 4.65. The third-order valence-electron chi connectivity index (χ3n) is 3.62.